The molecule has 0 atom stereocenters. The van der Waals surface area contributed by atoms with E-state index in [1.165, 1.54) is 12.1 Å². The quantitative estimate of drug-likeness (QED) is 0.762. The zero-order chi connectivity index (χ0) is 14.3. The fourth-order valence-electron chi connectivity index (χ4n) is 1.44. The van der Waals surface area contributed by atoms with Gasteiger partial charge in [0.2, 0.25) is 5.82 Å². The lowest BCUT2D eigenvalue weighted by molar-refractivity contribution is 0.584. The van der Waals surface area contributed by atoms with E-state index < -0.39 is 22.2 Å². The van der Waals surface area contributed by atoms with Crippen molar-refractivity contribution in [1.29, 1.82) is 0 Å². The highest BCUT2D eigenvalue weighted by molar-refractivity contribution is 9.10. The van der Waals surface area contributed by atoms with Gasteiger partial charge in [0.1, 0.15) is 0 Å². The van der Waals surface area contributed by atoms with Crippen LogP contribution < -0.4 is 11.2 Å². The van der Waals surface area contributed by atoms with Crippen molar-refractivity contribution in [2.24, 2.45) is 0 Å². The van der Waals surface area contributed by atoms with E-state index >= 15 is 0 Å². The molecule has 0 saturated carbocycles. The first-order valence-corrected chi connectivity index (χ1v) is 6.61. The number of hydrogen-bond donors (Lipinski definition) is 1. The standard InChI is InChI=1S/C10H3BrCl3FN2O2/c11-3-1-4(12)7(5(13)2-3)17-9(18)6(15)8(14)16-10(17)19/h1-2H,(H,16,19). The van der Waals surface area contributed by atoms with Crippen LogP contribution in [0.5, 0.6) is 0 Å². The summed E-state index contributed by atoms with van der Waals surface area (Å²) in [5, 5.41) is -0.655. The van der Waals surface area contributed by atoms with E-state index in [4.69, 9.17) is 34.8 Å². The van der Waals surface area contributed by atoms with Crippen LogP contribution in [0.1, 0.15) is 0 Å². The molecule has 0 radical (unpaired) electrons. The van der Waals surface area contributed by atoms with E-state index in [9.17, 15) is 14.0 Å². The van der Waals surface area contributed by atoms with Gasteiger partial charge >= 0.3 is 5.69 Å². The molecule has 1 aromatic carbocycles. The maximum Gasteiger partial charge on any atom is 0.334 e. The van der Waals surface area contributed by atoms with Crippen molar-refractivity contribution in [3.05, 3.63) is 58.5 Å². The molecule has 0 saturated heterocycles. The minimum Gasteiger partial charge on any atom is -0.295 e. The molecule has 0 spiro atoms. The molecule has 0 bridgehead atoms. The smallest absolute Gasteiger partial charge is 0.295 e. The van der Waals surface area contributed by atoms with Crippen LogP contribution in [-0.2, 0) is 0 Å². The fourth-order valence-corrected chi connectivity index (χ4v) is 2.98. The molecule has 1 N–H and O–H groups in total. The number of H-pyrrole nitrogens is 1. The lowest BCUT2D eigenvalue weighted by atomic mass is 10.3. The van der Waals surface area contributed by atoms with Crippen molar-refractivity contribution >= 4 is 50.7 Å². The van der Waals surface area contributed by atoms with Gasteiger partial charge in [-0.1, -0.05) is 50.7 Å². The van der Waals surface area contributed by atoms with Crippen LogP contribution in [0, 0.1) is 5.82 Å². The van der Waals surface area contributed by atoms with E-state index in [0.29, 0.717) is 9.04 Å². The van der Waals surface area contributed by atoms with Crippen molar-refractivity contribution in [3.8, 4) is 5.69 Å². The van der Waals surface area contributed by atoms with Gasteiger partial charge in [0.05, 0.1) is 15.7 Å². The predicted octanol–water partition coefficient (Wildman–Crippen LogP) is 3.39. The van der Waals surface area contributed by atoms with E-state index in [1.54, 1.807) is 0 Å². The van der Waals surface area contributed by atoms with Crippen LogP contribution in [0.25, 0.3) is 5.69 Å². The molecule has 19 heavy (non-hydrogen) atoms. The molecule has 0 amide bonds. The molecule has 100 valence electrons. The lowest BCUT2D eigenvalue weighted by Gasteiger charge is -2.10. The Morgan fingerprint density at radius 3 is 2.21 bits per heavy atom. The topological polar surface area (TPSA) is 54.9 Å². The minimum atomic E-state index is -1.30. The number of nitrogens with zero attached hydrogens (tertiary/aromatic N) is 1. The zero-order valence-electron chi connectivity index (χ0n) is 8.81. The number of benzene rings is 1. The molecular formula is C10H3BrCl3FN2O2. The first kappa shape index (κ1) is 14.6. The van der Waals surface area contributed by atoms with Crippen LogP contribution >= 0.6 is 50.7 Å². The van der Waals surface area contributed by atoms with E-state index in [1.807, 2.05) is 4.98 Å². The Kier molecular flexibility index (Phi) is 4.06. The molecule has 0 aliphatic heterocycles. The number of nitrogens with one attached hydrogen (secondary N) is 1. The second-order valence-electron chi connectivity index (χ2n) is 3.42. The molecule has 0 fully saturated rings. The minimum absolute atomic E-state index is 0.00805. The van der Waals surface area contributed by atoms with Crippen molar-refractivity contribution < 1.29 is 4.39 Å². The number of aromatic amines is 1. The zero-order valence-corrected chi connectivity index (χ0v) is 12.7. The molecule has 9 heteroatoms. The van der Waals surface area contributed by atoms with Gasteiger partial charge in [-0.25, -0.2) is 9.36 Å². The maximum atomic E-state index is 13.5. The Bertz CT molecular complexity index is 764. The Morgan fingerprint density at radius 1 is 1.16 bits per heavy atom. The molecule has 0 aliphatic rings. The van der Waals surface area contributed by atoms with E-state index in [-0.39, 0.29) is 15.7 Å². The normalized spacial score (nSPS) is 10.8. The summed E-state index contributed by atoms with van der Waals surface area (Å²) in [6.45, 7) is 0. The summed E-state index contributed by atoms with van der Waals surface area (Å²) in [6, 6.07) is 2.84. The summed E-state index contributed by atoms with van der Waals surface area (Å²) >= 11 is 20.4. The third-order valence-corrected chi connectivity index (χ3v) is 3.50. The number of halogens is 5. The second-order valence-corrected chi connectivity index (χ2v) is 5.52. The largest absolute Gasteiger partial charge is 0.334 e. The van der Waals surface area contributed by atoms with Gasteiger partial charge in [-0.05, 0) is 12.1 Å². The predicted molar refractivity (Wildman–Crippen MR) is 75.3 cm³/mol. The summed E-state index contributed by atoms with van der Waals surface area (Å²) in [7, 11) is 0. The van der Waals surface area contributed by atoms with Gasteiger partial charge in [0.15, 0.2) is 5.15 Å². The number of aromatic nitrogens is 2. The Balaban J connectivity index is 2.93. The van der Waals surface area contributed by atoms with Gasteiger partial charge in [0, 0.05) is 4.47 Å². The fraction of sp³-hybridized carbons (Fsp3) is 0. The molecule has 2 aromatic rings. The first-order valence-electron chi connectivity index (χ1n) is 4.68. The average Bonchev–Trinajstić information content (AvgIpc) is 2.29. The Morgan fingerprint density at radius 2 is 1.68 bits per heavy atom. The van der Waals surface area contributed by atoms with Gasteiger partial charge in [-0.15, -0.1) is 0 Å². The SMILES string of the molecule is O=c1[nH]c(Cl)c(F)c(=O)n1-c1c(Cl)cc(Br)cc1Cl. The van der Waals surface area contributed by atoms with Gasteiger partial charge in [-0.2, -0.15) is 4.39 Å². The third kappa shape index (κ3) is 2.58. The van der Waals surface area contributed by atoms with Crippen LogP contribution in [0.15, 0.2) is 26.2 Å². The third-order valence-electron chi connectivity index (χ3n) is 2.21. The molecule has 1 heterocycles. The lowest BCUT2D eigenvalue weighted by Crippen LogP contribution is -2.36. The van der Waals surface area contributed by atoms with Crippen LogP contribution in [-0.4, -0.2) is 9.55 Å². The Labute approximate surface area is 128 Å². The number of hydrogen-bond acceptors (Lipinski definition) is 2. The molecule has 4 nitrogen and oxygen atoms in total. The van der Waals surface area contributed by atoms with Crippen molar-refractivity contribution in [3.63, 3.8) is 0 Å². The Hall–Kier alpha value is -0.820. The highest BCUT2D eigenvalue weighted by atomic mass is 79.9. The summed E-state index contributed by atoms with van der Waals surface area (Å²) in [5.41, 5.74) is -2.30. The van der Waals surface area contributed by atoms with Crippen molar-refractivity contribution in [2.45, 2.75) is 0 Å². The van der Waals surface area contributed by atoms with Crippen LogP contribution in [0.4, 0.5) is 4.39 Å². The summed E-state index contributed by atoms with van der Waals surface area (Å²) < 4.78 is 14.5. The van der Waals surface area contributed by atoms with E-state index in [0.717, 1.165) is 0 Å². The van der Waals surface area contributed by atoms with Gasteiger partial charge in [-0.3, -0.25) is 9.78 Å². The molecule has 1 aromatic heterocycles. The molecular weight excluding hydrogens is 385 g/mol. The second kappa shape index (κ2) is 5.28. The van der Waals surface area contributed by atoms with Crippen molar-refractivity contribution in [2.75, 3.05) is 0 Å². The van der Waals surface area contributed by atoms with E-state index in [2.05, 4.69) is 15.9 Å². The molecule has 0 aliphatic carbocycles. The number of rotatable bonds is 1. The molecule has 2 rings (SSSR count). The average molecular weight is 388 g/mol. The van der Waals surface area contributed by atoms with Gasteiger partial charge < -0.3 is 0 Å². The van der Waals surface area contributed by atoms with Gasteiger partial charge in [0.25, 0.3) is 5.56 Å². The highest BCUT2D eigenvalue weighted by Gasteiger charge is 2.18. The summed E-state index contributed by atoms with van der Waals surface area (Å²) in [6.07, 6.45) is 0. The van der Waals surface area contributed by atoms with Crippen LogP contribution in [0.2, 0.25) is 15.2 Å². The summed E-state index contributed by atoms with van der Waals surface area (Å²) in [5.74, 6) is -1.30. The first-order chi connectivity index (χ1) is 8.82. The maximum absolute atomic E-state index is 13.5. The van der Waals surface area contributed by atoms with Crippen molar-refractivity contribution in [1.82, 2.24) is 9.55 Å². The van der Waals surface area contributed by atoms with Crippen LogP contribution in [0.3, 0.4) is 0 Å². The molecule has 0 unspecified atom stereocenters. The monoisotopic (exact) mass is 386 g/mol. The summed E-state index contributed by atoms with van der Waals surface area (Å²) in [4.78, 5) is 25.5. The highest BCUT2D eigenvalue weighted by Crippen LogP contribution is 2.30.